The molecule has 0 radical (unpaired) electrons. The van der Waals surface area contributed by atoms with Crippen LogP contribution in [-0.2, 0) is 0 Å². The molecule has 1 atom stereocenters. The number of aromatic nitrogens is 2. The first-order valence-corrected chi connectivity index (χ1v) is 7.88. The molecule has 0 spiro atoms. The Morgan fingerprint density at radius 3 is 2.52 bits per heavy atom. The highest BCUT2D eigenvalue weighted by Gasteiger charge is 2.25. The highest BCUT2D eigenvalue weighted by atomic mass is 19.1. The largest absolute Gasteiger partial charge is 0.340 e. The van der Waals surface area contributed by atoms with Crippen molar-refractivity contribution in [2.24, 2.45) is 0 Å². The lowest BCUT2D eigenvalue weighted by Gasteiger charge is -2.17. The molecule has 0 saturated heterocycles. The molecule has 0 aliphatic rings. The molecule has 1 aromatic heterocycles. The van der Waals surface area contributed by atoms with Crippen molar-refractivity contribution in [3.05, 3.63) is 82.3 Å². The third-order valence-electron chi connectivity index (χ3n) is 4.06. The third kappa shape index (κ3) is 3.57. The number of halogens is 1. The molecule has 1 heterocycles. The number of nitrogens with one attached hydrogen (secondary N) is 1. The van der Waals surface area contributed by atoms with Gasteiger partial charge < -0.3 is 9.84 Å². The van der Waals surface area contributed by atoms with Crippen LogP contribution in [0.1, 0.15) is 44.8 Å². The van der Waals surface area contributed by atoms with Crippen molar-refractivity contribution in [1.29, 1.82) is 0 Å². The van der Waals surface area contributed by atoms with Gasteiger partial charge in [-0.1, -0.05) is 29.4 Å². The van der Waals surface area contributed by atoms with Crippen LogP contribution in [0.4, 0.5) is 4.39 Å². The standard InChI is InChI=1S/C19H18FN3O2/c1-11-8-9-14(10-12(11)2)19(24)22-17(18-21-13(3)25-23-18)15-6-4-5-7-16(15)20/h4-10,17H,1-3H3,(H,22,24)/t17-/m0/s1. The van der Waals surface area contributed by atoms with Crippen molar-refractivity contribution in [2.75, 3.05) is 0 Å². The lowest BCUT2D eigenvalue weighted by molar-refractivity contribution is 0.0940. The van der Waals surface area contributed by atoms with Crippen LogP contribution >= 0.6 is 0 Å². The van der Waals surface area contributed by atoms with Gasteiger partial charge >= 0.3 is 0 Å². The molecular formula is C19H18FN3O2. The Labute approximate surface area is 144 Å². The van der Waals surface area contributed by atoms with Crippen LogP contribution in [0.15, 0.2) is 47.0 Å². The van der Waals surface area contributed by atoms with E-state index in [1.165, 1.54) is 6.07 Å². The molecule has 0 fully saturated rings. The highest BCUT2D eigenvalue weighted by Crippen LogP contribution is 2.23. The lowest BCUT2D eigenvalue weighted by atomic mass is 10.0. The minimum atomic E-state index is -0.840. The third-order valence-corrected chi connectivity index (χ3v) is 4.06. The van der Waals surface area contributed by atoms with Gasteiger partial charge in [-0.15, -0.1) is 0 Å². The van der Waals surface area contributed by atoms with Crippen molar-refractivity contribution < 1.29 is 13.7 Å². The van der Waals surface area contributed by atoms with Crippen molar-refractivity contribution >= 4 is 5.91 Å². The van der Waals surface area contributed by atoms with Crippen molar-refractivity contribution in [3.8, 4) is 0 Å². The summed E-state index contributed by atoms with van der Waals surface area (Å²) in [5.74, 6) is -0.231. The van der Waals surface area contributed by atoms with Gasteiger partial charge in [0.1, 0.15) is 11.9 Å². The van der Waals surface area contributed by atoms with Gasteiger partial charge in [-0.3, -0.25) is 4.79 Å². The predicted octanol–water partition coefficient (Wildman–Crippen LogP) is 3.65. The molecule has 3 rings (SSSR count). The SMILES string of the molecule is Cc1nc([C@@H](NC(=O)c2ccc(C)c(C)c2)c2ccccc2F)no1. The van der Waals surface area contributed by atoms with Crippen LogP contribution in [-0.4, -0.2) is 16.0 Å². The quantitative estimate of drug-likeness (QED) is 0.788. The van der Waals surface area contributed by atoms with E-state index in [0.29, 0.717) is 11.5 Å². The van der Waals surface area contributed by atoms with Crippen LogP contribution < -0.4 is 5.32 Å². The lowest BCUT2D eigenvalue weighted by Crippen LogP contribution is -2.30. The number of hydrogen-bond acceptors (Lipinski definition) is 4. The average molecular weight is 339 g/mol. The van der Waals surface area contributed by atoms with Crippen molar-refractivity contribution in [2.45, 2.75) is 26.8 Å². The molecule has 3 aromatic rings. The Morgan fingerprint density at radius 1 is 1.12 bits per heavy atom. The molecule has 0 aliphatic heterocycles. The number of carbonyl (C=O) groups is 1. The van der Waals surface area contributed by atoms with Gasteiger partial charge in [0.25, 0.3) is 5.91 Å². The van der Waals surface area contributed by atoms with Gasteiger partial charge in [0.2, 0.25) is 5.89 Å². The van der Waals surface area contributed by atoms with Crippen LogP contribution in [0.5, 0.6) is 0 Å². The fourth-order valence-corrected chi connectivity index (χ4v) is 2.52. The van der Waals surface area contributed by atoms with E-state index < -0.39 is 11.9 Å². The van der Waals surface area contributed by atoms with Gasteiger partial charge in [0.15, 0.2) is 5.82 Å². The highest BCUT2D eigenvalue weighted by molar-refractivity contribution is 5.94. The second-order valence-electron chi connectivity index (χ2n) is 5.90. The maximum Gasteiger partial charge on any atom is 0.252 e. The summed E-state index contributed by atoms with van der Waals surface area (Å²) in [6.45, 7) is 5.55. The number of rotatable bonds is 4. The molecule has 1 amide bonds. The summed E-state index contributed by atoms with van der Waals surface area (Å²) in [6, 6.07) is 10.8. The summed E-state index contributed by atoms with van der Waals surface area (Å²) in [6.07, 6.45) is 0. The average Bonchev–Trinajstić information content (AvgIpc) is 3.02. The Balaban J connectivity index is 1.96. The molecular weight excluding hydrogens is 321 g/mol. The summed E-state index contributed by atoms with van der Waals surface area (Å²) in [7, 11) is 0. The van der Waals surface area contributed by atoms with E-state index in [4.69, 9.17) is 4.52 Å². The molecule has 0 unspecified atom stereocenters. The van der Waals surface area contributed by atoms with Gasteiger partial charge in [-0.25, -0.2) is 4.39 Å². The first kappa shape index (κ1) is 16.8. The molecule has 128 valence electrons. The minimum absolute atomic E-state index is 0.208. The summed E-state index contributed by atoms with van der Waals surface area (Å²) >= 11 is 0. The number of hydrogen-bond donors (Lipinski definition) is 1. The number of nitrogens with zero attached hydrogens (tertiary/aromatic N) is 2. The van der Waals surface area contributed by atoms with E-state index in [2.05, 4.69) is 15.5 Å². The number of carbonyl (C=O) groups excluding carboxylic acids is 1. The maximum absolute atomic E-state index is 14.3. The Morgan fingerprint density at radius 2 is 1.88 bits per heavy atom. The van der Waals surface area contributed by atoms with Gasteiger partial charge in [-0.2, -0.15) is 4.98 Å². The summed E-state index contributed by atoms with van der Waals surface area (Å²) < 4.78 is 19.3. The molecule has 6 heteroatoms. The molecule has 5 nitrogen and oxygen atoms in total. The molecule has 0 bridgehead atoms. The fraction of sp³-hybridized carbons (Fsp3) is 0.211. The molecule has 1 N–H and O–H groups in total. The van der Waals surface area contributed by atoms with Gasteiger partial charge in [0.05, 0.1) is 0 Å². The fourth-order valence-electron chi connectivity index (χ4n) is 2.52. The Kier molecular flexibility index (Phi) is 4.61. The Hall–Kier alpha value is -3.02. The van der Waals surface area contributed by atoms with Crippen LogP contribution in [0, 0.1) is 26.6 Å². The molecule has 0 aliphatic carbocycles. The van der Waals surface area contributed by atoms with Crippen LogP contribution in [0.3, 0.4) is 0 Å². The smallest absolute Gasteiger partial charge is 0.252 e. The predicted molar refractivity (Wildman–Crippen MR) is 90.7 cm³/mol. The zero-order chi connectivity index (χ0) is 18.0. The Bertz CT molecular complexity index is 921. The van der Waals surface area contributed by atoms with E-state index >= 15 is 0 Å². The van der Waals surface area contributed by atoms with Gasteiger partial charge in [-0.05, 0) is 43.2 Å². The van der Waals surface area contributed by atoms with Gasteiger partial charge in [0, 0.05) is 18.1 Å². The normalized spacial score (nSPS) is 12.0. The van der Waals surface area contributed by atoms with Crippen molar-refractivity contribution in [3.63, 3.8) is 0 Å². The summed E-state index contributed by atoms with van der Waals surface area (Å²) in [4.78, 5) is 16.8. The second-order valence-corrected chi connectivity index (χ2v) is 5.90. The monoisotopic (exact) mass is 339 g/mol. The number of benzene rings is 2. The van der Waals surface area contributed by atoms with Crippen molar-refractivity contribution in [1.82, 2.24) is 15.5 Å². The van der Waals surface area contributed by atoms with E-state index in [0.717, 1.165) is 11.1 Å². The number of amides is 1. The summed E-state index contributed by atoms with van der Waals surface area (Å²) in [5.41, 5.74) is 2.87. The first-order chi connectivity index (χ1) is 12.0. The van der Waals surface area contributed by atoms with E-state index in [1.54, 1.807) is 37.3 Å². The number of aryl methyl sites for hydroxylation is 3. The first-order valence-electron chi connectivity index (χ1n) is 7.88. The minimum Gasteiger partial charge on any atom is -0.340 e. The molecule has 25 heavy (non-hydrogen) atoms. The topological polar surface area (TPSA) is 68.0 Å². The molecule has 2 aromatic carbocycles. The zero-order valence-corrected chi connectivity index (χ0v) is 14.2. The van der Waals surface area contributed by atoms with Crippen LogP contribution in [0.25, 0.3) is 0 Å². The zero-order valence-electron chi connectivity index (χ0n) is 14.2. The van der Waals surface area contributed by atoms with E-state index in [9.17, 15) is 9.18 Å². The second kappa shape index (κ2) is 6.84. The van der Waals surface area contributed by atoms with E-state index in [-0.39, 0.29) is 17.3 Å². The maximum atomic E-state index is 14.3. The summed E-state index contributed by atoms with van der Waals surface area (Å²) in [5, 5.41) is 6.65. The van der Waals surface area contributed by atoms with Crippen LogP contribution in [0.2, 0.25) is 0 Å². The molecule has 0 saturated carbocycles. The van der Waals surface area contributed by atoms with E-state index in [1.807, 2.05) is 19.9 Å².